The predicted octanol–water partition coefficient (Wildman–Crippen LogP) is 2.96. The van der Waals surface area contributed by atoms with Gasteiger partial charge in [-0.25, -0.2) is 0 Å². The molecular formula is C10H9F3O2. The lowest BCUT2D eigenvalue weighted by molar-refractivity contribution is -0.275. The van der Waals surface area contributed by atoms with Gasteiger partial charge in [0.1, 0.15) is 5.75 Å². The molecule has 0 saturated carbocycles. The summed E-state index contributed by atoms with van der Waals surface area (Å²) in [5.74, 6) is -0.400. The Bertz CT molecular complexity index is 358. The number of hydrogen-bond donors (Lipinski definition) is 0. The molecule has 0 aliphatic heterocycles. The largest absolute Gasteiger partial charge is 0.573 e. The van der Waals surface area contributed by atoms with Gasteiger partial charge in [0.05, 0.1) is 5.56 Å². The minimum Gasteiger partial charge on any atom is -0.405 e. The van der Waals surface area contributed by atoms with E-state index < -0.39 is 12.1 Å². The highest BCUT2D eigenvalue weighted by molar-refractivity contribution is 5.80. The summed E-state index contributed by atoms with van der Waals surface area (Å²) in [4.78, 5) is 10.5. The quantitative estimate of drug-likeness (QED) is 0.729. The molecule has 15 heavy (non-hydrogen) atoms. The number of ether oxygens (including phenoxy) is 1. The number of para-hydroxylation sites is 1. The molecule has 0 unspecified atom stereocenters. The summed E-state index contributed by atoms with van der Waals surface area (Å²) in [7, 11) is 0. The summed E-state index contributed by atoms with van der Waals surface area (Å²) in [6.07, 6.45) is -4.06. The zero-order valence-electron chi connectivity index (χ0n) is 7.97. The first kappa shape index (κ1) is 11.6. The second-order valence-electron chi connectivity index (χ2n) is 2.85. The van der Waals surface area contributed by atoms with E-state index in [0.29, 0.717) is 18.3 Å². The number of halogens is 3. The average Bonchev–Trinajstić information content (AvgIpc) is 2.16. The van der Waals surface area contributed by atoms with Crippen LogP contribution in [0, 0.1) is 0 Å². The Morgan fingerprint density at radius 2 is 2.07 bits per heavy atom. The van der Waals surface area contributed by atoms with E-state index in [-0.39, 0.29) is 5.56 Å². The summed E-state index contributed by atoms with van der Waals surface area (Å²) in [6.45, 7) is 1.69. The Morgan fingerprint density at radius 3 is 2.53 bits per heavy atom. The van der Waals surface area contributed by atoms with Crippen LogP contribution >= 0.6 is 0 Å². The molecule has 0 heterocycles. The summed E-state index contributed by atoms with van der Waals surface area (Å²) in [6, 6.07) is 4.30. The van der Waals surface area contributed by atoms with Gasteiger partial charge in [-0.1, -0.05) is 19.1 Å². The molecule has 0 aliphatic carbocycles. The number of hydrogen-bond acceptors (Lipinski definition) is 2. The first-order valence-corrected chi connectivity index (χ1v) is 4.30. The van der Waals surface area contributed by atoms with Gasteiger partial charge in [-0.2, -0.15) is 0 Å². The number of rotatable bonds is 3. The van der Waals surface area contributed by atoms with Gasteiger partial charge in [0, 0.05) is 0 Å². The highest BCUT2D eigenvalue weighted by Gasteiger charge is 2.32. The van der Waals surface area contributed by atoms with Crippen LogP contribution in [0.25, 0.3) is 0 Å². The van der Waals surface area contributed by atoms with Crippen molar-refractivity contribution in [2.75, 3.05) is 0 Å². The van der Waals surface area contributed by atoms with Gasteiger partial charge in [0.25, 0.3) is 0 Å². The normalized spacial score (nSPS) is 11.2. The van der Waals surface area contributed by atoms with Crippen LogP contribution in [-0.4, -0.2) is 12.6 Å². The average molecular weight is 218 g/mol. The molecule has 0 bridgehead atoms. The van der Waals surface area contributed by atoms with E-state index >= 15 is 0 Å². The topological polar surface area (TPSA) is 26.3 Å². The highest BCUT2D eigenvalue weighted by Crippen LogP contribution is 2.29. The van der Waals surface area contributed by atoms with E-state index in [2.05, 4.69) is 4.74 Å². The van der Waals surface area contributed by atoms with Crippen molar-refractivity contribution in [2.45, 2.75) is 19.7 Å². The molecule has 0 aliphatic rings. The summed E-state index contributed by atoms with van der Waals surface area (Å²) in [5, 5.41) is 0. The van der Waals surface area contributed by atoms with Crippen molar-refractivity contribution in [2.24, 2.45) is 0 Å². The number of carbonyl (C=O) groups excluding carboxylic acids is 1. The van der Waals surface area contributed by atoms with Crippen molar-refractivity contribution in [3.63, 3.8) is 0 Å². The molecule has 1 aromatic rings. The number of benzene rings is 1. The van der Waals surface area contributed by atoms with Crippen LogP contribution in [0.4, 0.5) is 13.2 Å². The molecule has 0 fully saturated rings. The Hall–Kier alpha value is -1.52. The van der Waals surface area contributed by atoms with E-state index in [0.717, 1.165) is 0 Å². The zero-order chi connectivity index (χ0) is 11.5. The monoisotopic (exact) mass is 218 g/mol. The third-order valence-corrected chi connectivity index (χ3v) is 1.85. The number of carbonyl (C=O) groups is 1. The number of alkyl halides is 3. The lowest BCUT2D eigenvalue weighted by atomic mass is 10.1. The van der Waals surface area contributed by atoms with Gasteiger partial charge in [0.2, 0.25) is 0 Å². The Balaban J connectivity index is 3.16. The molecule has 1 aromatic carbocycles. The van der Waals surface area contributed by atoms with Gasteiger partial charge < -0.3 is 4.74 Å². The van der Waals surface area contributed by atoms with Crippen LogP contribution < -0.4 is 4.74 Å². The first-order chi connectivity index (χ1) is 6.98. The van der Waals surface area contributed by atoms with Crippen LogP contribution in [0.2, 0.25) is 0 Å². The molecule has 0 radical (unpaired) electrons. The summed E-state index contributed by atoms with van der Waals surface area (Å²) >= 11 is 0. The third-order valence-electron chi connectivity index (χ3n) is 1.85. The first-order valence-electron chi connectivity index (χ1n) is 4.30. The Kier molecular flexibility index (Phi) is 3.34. The lowest BCUT2D eigenvalue weighted by Gasteiger charge is -2.13. The molecular weight excluding hydrogens is 209 g/mol. The van der Waals surface area contributed by atoms with E-state index in [1.807, 2.05) is 0 Å². The van der Waals surface area contributed by atoms with E-state index in [4.69, 9.17) is 0 Å². The lowest BCUT2D eigenvalue weighted by Crippen LogP contribution is -2.19. The van der Waals surface area contributed by atoms with Crippen molar-refractivity contribution in [3.8, 4) is 5.75 Å². The minimum absolute atomic E-state index is 0.0910. The number of aldehydes is 1. The molecule has 0 aromatic heterocycles. The third kappa shape index (κ3) is 2.97. The fourth-order valence-corrected chi connectivity index (χ4v) is 1.22. The smallest absolute Gasteiger partial charge is 0.405 e. The van der Waals surface area contributed by atoms with E-state index in [9.17, 15) is 18.0 Å². The maximum Gasteiger partial charge on any atom is 0.573 e. The highest BCUT2D eigenvalue weighted by atomic mass is 19.4. The minimum atomic E-state index is -4.77. The molecule has 1 rings (SSSR count). The van der Waals surface area contributed by atoms with Crippen molar-refractivity contribution in [3.05, 3.63) is 29.3 Å². The fraction of sp³-hybridized carbons (Fsp3) is 0.300. The molecule has 5 heteroatoms. The van der Waals surface area contributed by atoms with Gasteiger partial charge in [-0.15, -0.1) is 13.2 Å². The van der Waals surface area contributed by atoms with Crippen LogP contribution in [0.15, 0.2) is 18.2 Å². The fourth-order valence-electron chi connectivity index (χ4n) is 1.22. The molecule has 82 valence electrons. The summed E-state index contributed by atoms with van der Waals surface area (Å²) < 4.78 is 39.9. The SMILES string of the molecule is CCc1cccc(C=O)c1OC(F)(F)F. The second-order valence-corrected chi connectivity index (χ2v) is 2.85. The second kappa shape index (κ2) is 4.33. The van der Waals surface area contributed by atoms with Gasteiger partial charge in [-0.3, -0.25) is 4.79 Å². The van der Waals surface area contributed by atoms with Crippen LogP contribution in [0.3, 0.4) is 0 Å². The molecule has 0 amide bonds. The van der Waals surface area contributed by atoms with E-state index in [1.165, 1.54) is 18.2 Å². The molecule has 0 atom stereocenters. The number of aryl methyl sites for hydroxylation is 1. The van der Waals surface area contributed by atoms with E-state index in [1.54, 1.807) is 6.92 Å². The van der Waals surface area contributed by atoms with Crippen LogP contribution in [-0.2, 0) is 6.42 Å². The Labute approximate surface area is 84.7 Å². The van der Waals surface area contributed by atoms with Crippen LogP contribution in [0.1, 0.15) is 22.8 Å². The van der Waals surface area contributed by atoms with Crippen molar-refractivity contribution < 1.29 is 22.7 Å². The van der Waals surface area contributed by atoms with Crippen molar-refractivity contribution >= 4 is 6.29 Å². The van der Waals surface area contributed by atoms with Crippen LogP contribution in [0.5, 0.6) is 5.75 Å². The summed E-state index contributed by atoms with van der Waals surface area (Å²) in [5.41, 5.74) is 0.267. The maximum absolute atomic E-state index is 12.0. The predicted molar refractivity (Wildman–Crippen MR) is 47.9 cm³/mol. The van der Waals surface area contributed by atoms with Crippen molar-refractivity contribution in [1.82, 2.24) is 0 Å². The van der Waals surface area contributed by atoms with Crippen molar-refractivity contribution in [1.29, 1.82) is 0 Å². The Morgan fingerprint density at radius 1 is 1.40 bits per heavy atom. The van der Waals surface area contributed by atoms with Gasteiger partial charge in [0.15, 0.2) is 6.29 Å². The standard InChI is InChI=1S/C10H9F3O2/c1-2-7-4-3-5-8(6-14)9(7)15-10(11,12)13/h3-6H,2H2,1H3. The molecule has 0 spiro atoms. The molecule has 0 saturated heterocycles. The van der Waals surface area contributed by atoms with Gasteiger partial charge >= 0.3 is 6.36 Å². The zero-order valence-corrected chi connectivity index (χ0v) is 7.97. The maximum atomic E-state index is 12.0. The molecule has 0 N–H and O–H groups in total. The van der Waals surface area contributed by atoms with Gasteiger partial charge in [-0.05, 0) is 18.1 Å². The molecule has 2 nitrogen and oxygen atoms in total.